The summed E-state index contributed by atoms with van der Waals surface area (Å²) in [5, 5.41) is 0. The smallest absolute Gasteiger partial charge is 0.363 e. The van der Waals surface area contributed by atoms with Crippen molar-refractivity contribution >= 4 is 46.5 Å². The maximum atomic E-state index is 12.4. The van der Waals surface area contributed by atoms with E-state index in [0.29, 0.717) is 27.2 Å². The Morgan fingerprint density at radius 3 is 2.44 bits per heavy atom. The van der Waals surface area contributed by atoms with Gasteiger partial charge in [-0.1, -0.05) is 39.8 Å². The van der Waals surface area contributed by atoms with Crippen molar-refractivity contribution in [3.8, 4) is 11.5 Å². The van der Waals surface area contributed by atoms with Crippen molar-refractivity contribution < 1.29 is 23.8 Å². The molecular weight excluding hydrogens is 521 g/mol. The van der Waals surface area contributed by atoms with E-state index in [-0.39, 0.29) is 29.4 Å². The standard InChI is InChI=1S/C25H26INO5/c1-6-21(28)31-22-18(26)12-15(14-20(22)30-7-2)13-19-24(29)32-23(27-19)16-8-10-17(11-9-16)25(3,4)5/h8-14H,6-7H2,1-5H3/b19-13+. The first kappa shape index (κ1) is 24.0. The van der Waals surface area contributed by atoms with Gasteiger partial charge in [0.25, 0.3) is 0 Å². The van der Waals surface area contributed by atoms with Gasteiger partial charge < -0.3 is 14.2 Å². The van der Waals surface area contributed by atoms with Crippen LogP contribution in [0.15, 0.2) is 47.1 Å². The average Bonchev–Trinajstić information content (AvgIpc) is 3.10. The maximum Gasteiger partial charge on any atom is 0.363 e. The molecule has 0 fully saturated rings. The molecule has 168 valence electrons. The fourth-order valence-corrected chi connectivity index (χ4v) is 3.76. The van der Waals surface area contributed by atoms with Gasteiger partial charge in [-0.15, -0.1) is 0 Å². The lowest BCUT2D eigenvalue weighted by atomic mass is 9.87. The largest absolute Gasteiger partial charge is 0.490 e. The van der Waals surface area contributed by atoms with Crippen molar-refractivity contribution in [1.82, 2.24) is 0 Å². The molecule has 7 heteroatoms. The number of rotatable bonds is 6. The highest BCUT2D eigenvalue weighted by Crippen LogP contribution is 2.35. The number of benzene rings is 2. The molecule has 0 aliphatic carbocycles. The summed E-state index contributed by atoms with van der Waals surface area (Å²) in [6.07, 6.45) is 1.89. The van der Waals surface area contributed by atoms with Gasteiger partial charge in [-0.3, -0.25) is 4.79 Å². The first-order chi connectivity index (χ1) is 15.1. The zero-order valence-electron chi connectivity index (χ0n) is 18.8. The van der Waals surface area contributed by atoms with Crippen LogP contribution >= 0.6 is 22.6 Å². The molecule has 2 aromatic rings. The van der Waals surface area contributed by atoms with E-state index in [2.05, 4.69) is 48.4 Å². The summed E-state index contributed by atoms with van der Waals surface area (Å²) in [5.41, 5.74) is 2.83. The highest BCUT2D eigenvalue weighted by Gasteiger charge is 2.25. The number of hydrogen-bond acceptors (Lipinski definition) is 6. The van der Waals surface area contributed by atoms with Crippen LogP contribution in [-0.2, 0) is 19.7 Å². The minimum absolute atomic E-state index is 0.0325. The zero-order chi connectivity index (χ0) is 23.5. The normalized spacial score (nSPS) is 14.9. The lowest BCUT2D eigenvalue weighted by Crippen LogP contribution is -2.11. The summed E-state index contributed by atoms with van der Waals surface area (Å²) < 4.78 is 17.2. The lowest BCUT2D eigenvalue weighted by molar-refractivity contribution is -0.134. The fourth-order valence-electron chi connectivity index (χ4n) is 3.02. The number of halogens is 1. The van der Waals surface area contributed by atoms with Crippen molar-refractivity contribution in [2.45, 2.75) is 46.5 Å². The molecule has 0 atom stereocenters. The van der Waals surface area contributed by atoms with Gasteiger partial charge >= 0.3 is 11.9 Å². The second-order valence-corrected chi connectivity index (χ2v) is 9.42. The third-order valence-corrected chi connectivity index (χ3v) is 5.56. The molecule has 0 saturated heterocycles. The van der Waals surface area contributed by atoms with E-state index in [0.717, 1.165) is 5.56 Å². The molecule has 0 radical (unpaired) electrons. The molecule has 3 rings (SSSR count). The Morgan fingerprint density at radius 1 is 1.16 bits per heavy atom. The summed E-state index contributed by atoms with van der Waals surface area (Å²) in [4.78, 5) is 28.6. The summed E-state index contributed by atoms with van der Waals surface area (Å²) in [7, 11) is 0. The summed E-state index contributed by atoms with van der Waals surface area (Å²) in [6.45, 7) is 10.4. The number of carbonyl (C=O) groups is 2. The highest BCUT2D eigenvalue weighted by atomic mass is 127. The Kier molecular flexibility index (Phi) is 7.38. The minimum atomic E-state index is -0.519. The van der Waals surface area contributed by atoms with E-state index >= 15 is 0 Å². The molecule has 2 aromatic carbocycles. The van der Waals surface area contributed by atoms with Crippen LogP contribution < -0.4 is 9.47 Å². The molecule has 0 unspecified atom stereocenters. The Balaban J connectivity index is 1.92. The minimum Gasteiger partial charge on any atom is -0.490 e. The summed E-state index contributed by atoms with van der Waals surface area (Å²) in [5.74, 6) is 0.213. The monoisotopic (exact) mass is 547 g/mol. The molecule has 0 aromatic heterocycles. The number of hydrogen-bond donors (Lipinski definition) is 0. The van der Waals surface area contributed by atoms with Crippen LogP contribution in [0.25, 0.3) is 6.08 Å². The maximum absolute atomic E-state index is 12.4. The van der Waals surface area contributed by atoms with Crippen LogP contribution in [0.2, 0.25) is 0 Å². The van der Waals surface area contributed by atoms with E-state index in [9.17, 15) is 9.59 Å². The Morgan fingerprint density at radius 2 is 1.84 bits per heavy atom. The SMILES string of the molecule is CCOc1cc(/C=C2/N=C(c3ccc(C(C)(C)C)cc3)OC2=O)cc(I)c1OC(=O)CC. The van der Waals surface area contributed by atoms with Crippen molar-refractivity contribution in [1.29, 1.82) is 0 Å². The van der Waals surface area contributed by atoms with Gasteiger partial charge in [0.15, 0.2) is 17.2 Å². The number of nitrogens with zero attached hydrogens (tertiary/aromatic N) is 1. The lowest BCUT2D eigenvalue weighted by Gasteiger charge is -2.18. The zero-order valence-corrected chi connectivity index (χ0v) is 21.0. The van der Waals surface area contributed by atoms with Gasteiger partial charge in [0.2, 0.25) is 5.90 Å². The third kappa shape index (κ3) is 5.56. The molecule has 1 aliphatic rings. The van der Waals surface area contributed by atoms with Crippen LogP contribution in [0, 0.1) is 3.57 Å². The fraction of sp³-hybridized carbons (Fsp3) is 0.320. The van der Waals surface area contributed by atoms with Gasteiger partial charge in [-0.2, -0.15) is 0 Å². The third-order valence-electron chi connectivity index (χ3n) is 4.76. The molecule has 0 saturated carbocycles. The predicted octanol–water partition coefficient (Wildman–Crippen LogP) is 5.65. The number of cyclic esters (lactones) is 1. The highest BCUT2D eigenvalue weighted by molar-refractivity contribution is 14.1. The molecule has 0 bridgehead atoms. The summed E-state index contributed by atoms with van der Waals surface area (Å²) in [6, 6.07) is 11.4. The first-order valence-corrected chi connectivity index (χ1v) is 11.5. The van der Waals surface area contributed by atoms with Crippen LogP contribution in [0.5, 0.6) is 11.5 Å². The number of aliphatic imine (C=N–C) groups is 1. The van der Waals surface area contributed by atoms with Crippen molar-refractivity contribution in [3.05, 3.63) is 62.4 Å². The molecule has 1 aliphatic heterocycles. The Hall–Kier alpha value is -2.68. The number of esters is 2. The van der Waals surface area contributed by atoms with E-state index in [1.54, 1.807) is 25.1 Å². The van der Waals surface area contributed by atoms with Crippen LogP contribution in [0.4, 0.5) is 0 Å². The van der Waals surface area contributed by atoms with E-state index < -0.39 is 5.97 Å². The van der Waals surface area contributed by atoms with E-state index in [1.807, 2.05) is 31.2 Å². The number of ether oxygens (including phenoxy) is 3. The van der Waals surface area contributed by atoms with Crippen molar-refractivity contribution in [2.75, 3.05) is 6.61 Å². The Labute approximate surface area is 201 Å². The van der Waals surface area contributed by atoms with Gasteiger partial charge in [0.05, 0.1) is 10.2 Å². The van der Waals surface area contributed by atoms with E-state index in [1.165, 1.54) is 5.56 Å². The van der Waals surface area contributed by atoms with Crippen molar-refractivity contribution in [3.63, 3.8) is 0 Å². The molecule has 1 heterocycles. The molecule has 6 nitrogen and oxygen atoms in total. The van der Waals surface area contributed by atoms with Crippen LogP contribution in [-0.4, -0.2) is 24.4 Å². The second-order valence-electron chi connectivity index (χ2n) is 8.25. The number of carbonyl (C=O) groups excluding carboxylic acids is 2. The van der Waals surface area contributed by atoms with Gasteiger partial charge in [-0.25, -0.2) is 9.79 Å². The topological polar surface area (TPSA) is 74.2 Å². The van der Waals surface area contributed by atoms with Crippen LogP contribution in [0.1, 0.15) is 57.7 Å². The van der Waals surface area contributed by atoms with Crippen molar-refractivity contribution in [2.24, 2.45) is 4.99 Å². The molecule has 0 spiro atoms. The first-order valence-electron chi connectivity index (χ1n) is 10.4. The Bertz CT molecular complexity index is 1090. The quantitative estimate of drug-likeness (QED) is 0.202. The predicted molar refractivity (Wildman–Crippen MR) is 132 cm³/mol. The average molecular weight is 547 g/mol. The van der Waals surface area contributed by atoms with Gasteiger partial charge in [0.1, 0.15) is 0 Å². The van der Waals surface area contributed by atoms with Crippen LogP contribution in [0.3, 0.4) is 0 Å². The summed E-state index contributed by atoms with van der Waals surface area (Å²) >= 11 is 2.08. The molecule has 0 amide bonds. The van der Waals surface area contributed by atoms with E-state index in [4.69, 9.17) is 14.2 Å². The van der Waals surface area contributed by atoms with Gasteiger partial charge in [-0.05, 0) is 76.4 Å². The second kappa shape index (κ2) is 9.85. The molecule has 0 N–H and O–H groups in total. The molecular formula is C25H26INO5. The molecule has 32 heavy (non-hydrogen) atoms. The van der Waals surface area contributed by atoms with Gasteiger partial charge in [0, 0.05) is 12.0 Å².